The van der Waals surface area contributed by atoms with Crippen LogP contribution in [0.2, 0.25) is 0 Å². The van der Waals surface area contributed by atoms with Crippen LogP contribution in [0.4, 0.5) is 13.2 Å². The average Bonchev–Trinajstić information content (AvgIpc) is 3.42. The van der Waals surface area contributed by atoms with Gasteiger partial charge in [-0.1, -0.05) is 30.3 Å². The number of ether oxygens (including phenoxy) is 7. The molecule has 40 heavy (non-hydrogen) atoms. The van der Waals surface area contributed by atoms with Crippen molar-refractivity contribution >= 4 is 16.9 Å². The third-order valence-corrected chi connectivity index (χ3v) is 7.01. The lowest BCUT2D eigenvalue weighted by molar-refractivity contribution is -0.281. The molecule has 0 saturated heterocycles. The zero-order valence-corrected chi connectivity index (χ0v) is 22.9. The quantitative estimate of drug-likeness (QED) is 0.316. The molecule has 2 heterocycles. The van der Waals surface area contributed by atoms with Crippen molar-refractivity contribution in [1.29, 1.82) is 0 Å². The fourth-order valence-electron chi connectivity index (χ4n) is 4.61. The molecule has 0 unspecified atom stereocenters. The Morgan fingerprint density at radius 2 is 1.68 bits per heavy atom. The largest absolute Gasteiger partial charge is 0.496 e. The van der Waals surface area contributed by atoms with Gasteiger partial charge in [-0.05, 0) is 26.0 Å². The molecule has 0 spiro atoms. The van der Waals surface area contributed by atoms with Gasteiger partial charge in [-0.25, -0.2) is 9.78 Å². The molecular weight excluding hydrogens is 535 g/mol. The monoisotopic (exact) mass is 565 g/mol. The van der Waals surface area contributed by atoms with E-state index in [-0.39, 0.29) is 19.1 Å². The summed E-state index contributed by atoms with van der Waals surface area (Å²) in [4.78, 5) is 18.1. The topological polar surface area (TPSA) is 94.6 Å². The molecule has 0 radical (unpaired) electrons. The molecule has 9 nitrogen and oxygen atoms in total. The van der Waals surface area contributed by atoms with Gasteiger partial charge < -0.3 is 33.2 Å². The Balaban J connectivity index is 1.83. The van der Waals surface area contributed by atoms with E-state index in [2.05, 4.69) is 4.98 Å². The first-order valence-corrected chi connectivity index (χ1v) is 12.2. The SMILES string of the molecule is COc1nc2c3c(ccc2c(OC)c1C[C@@H](OC(=O)[C@@](OC)(c1ccccc1)C(F)(F)F)C(C)(C)OC)OCO3. The number of aromatic nitrogens is 1. The summed E-state index contributed by atoms with van der Waals surface area (Å²) in [5.41, 5.74) is -4.33. The molecule has 2 atom stereocenters. The lowest BCUT2D eigenvalue weighted by Gasteiger charge is -2.38. The number of esters is 1. The number of hydrogen-bond donors (Lipinski definition) is 0. The summed E-state index contributed by atoms with van der Waals surface area (Å²) in [7, 11) is 4.98. The van der Waals surface area contributed by atoms with Crippen molar-refractivity contribution in [1.82, 2.24) is 4.98 Å². The summed E-state index contributed by atoms with van der Waals surface area (Å²) in [6.07, 6.45) is -6.60. The number of benzene rings is 2. The van der Waals surface area contributed by atoms with E-state index < -0.39 is 35.0 Å². The Bertz CT molecular complexity index is 1380. The molecule has 3 aromatic rings. The molecule has 0 amide bonds. The molecule has 1 aromatic heterocycles. The van der Waals surface area contributed by atoms with E-state index in [1.165, 1.54) is 39.5 Å². The van der Waals surface area contributed by atoms with Crippen molar-refractivity contribution in [3.8, 4) is 23.1 Å². The third kappa shape index (κ3) is 4.86. The highest BCUT2D eigenvalue weighted by atomic mass is 19.4. The molecule has 0 bridgehead atoms. The Morgan fingerprint density at radius 1 is 0.975 bits per heavy atom. The minimum Gasteiger partial charge on any atom is -0.496 e. The van der Waals surface area contributed by atoms with Crippen molar-refractivity contribution in [2.75, 3.05) is 35.2 Å². The molecular formula is C28H30F3NO8. The Morgan fingerprint density at radius 3 is 2.25 bits per heavy atom. The number of fused-ring (bicyclic) bond motifs is 3. The number of pyridine rings is 1. The van der Waals surface area contributed by atoms with Crippen molar-refractivity contribution in [3.05, 3.63) is 53.6 Å². The van der Waals surface area contributed by atoms with Gasteiger partial charge in [-0.3, -0.25) is 0 Å². The average molecular weight is 566 g/mol. The van der Waals surface area contributed by atoms with Crippen LogP contribution >= 0.6 is 0 Å². The fraction of sp³-hybridized carbons (Fsp3) is 0.429. The van der Waals surface area contributed by atoms with E-state index in [1.807, 2.05) is 0 Å². The van der Waals surface area contributed by atoms with Gasteiger partial charge in [-0.2, -0.15) is 13.2 Å². The summed E-state index contributed by atoms with van der Waals surface area (Å²) in [6, 6.07) is 9.99. The van der Waals surface area contributed by atoms with E-state index >= 15 is 0 Å². The van der Waals surface area contributed by atoms with Gasteiger partial charge in [0.05, 0.1) is 25.4 Å². The smallest absolute Gasteiger partial charge is 0.432 e. The molecule has 0 aliphatic carbocycles. The van der Waals surface area contributed by atoms with Crippen LogP contribution in [0, 0.1) is 0 Å². The first kappa shape index (κ1) is 29.2. The highest BCUT2D eigenvalue weighted by Crippen LogP contribution is 2.46. The van der Waals surface area contributed by atoms with Gasteiger partial charge in [0.15, 0.2) is 11.5 Å². The number of halogens is 3. The fourth-order valence-corrected chi connectivity index (χ4v) is 4.61. The van der Waals surface area contributed by atoms with Crippen LogP contribution in [-0.2, 0) is 31.0 Å². The Labute approximate surface area is 229 Å². The number of nitrogens with zero attached hydrogens (tertiary/aromatic N) is 1. The van der Waals surface area contributed by atoms with Crippen LogP contribution in [0.1, 0.15) is 25.0 Å². The molecule has 1 aliphatic rings. The number of rotatable bonds is 10. The third-order valence-electron chi connectivity index (χ3n) is 7.01. The van der Waals surface area contributed by atoms with E-state index in [4.69, 9.17) is 33.2 Å². The molecule has 216 valence electrons. The second-order valence-corrected chi connectivity index (χ2v) is 9.48. The van der Waals surface area contributed by atoms with Gasteiger partial charge >= 0.3 is 12.1 Å². The summed E-state index contributed by atoms with van der Waals surface area (Å²) in [6.45, 7) is 3.19. The van der Waals surface area contributed by atoms with Crippen molar-refractivity contribution in [2.24, 2.45) is 0 Å². The minimum atomic E-state index is -5.15. The van der Waals surface area contributed by atoms with Crippen molar-refractivity contribution < 1.29 is 51.1 Å². The molecule has 1 aliphatic heterocycles. The molecule has 4 rings (SSSR count). The predicted molar refractivity (Wildman–Crippen MR) is 137 cm³/mol. The van der Waals surface area contributed by atoms with E-state index in [0.717, 1.165) is 19.2 Å². The van der Waals surface area contributed by atoms with Gasteiger partial charge in [0.1, 0.15) is 17.4 Å². The van der Waals surface area contributed by atoms with Crippen LogP contribution in [-0.4, -0.2) is 64.1 Å². The molecule has 0 saturated carbocycles. The second-order valence-electron chi connectivity index (χ2n) is 9.48. The van der Waals surface area contributed by atoms with Crippen LogP contribution in [0.15, 0.2) is 42.5 Å². The van der Waals surface area contributed by atoms with Crippen LogP contribution in [0.5, 0.6) is 23.1 Å². The lowest BCUT2D eigenvalue weighted by atomic mass is 9.91. The number of methoxy groups -OCH3 is 4. The standard InChI is InChI=1S/C28H30F3NO8/c1-26(2,36-5)20(40-25(33)27(37-6,28(29,30)31)16-10-8-7-9-11-16)14-18-22(34-3)17-12-13-19-23(39-15-38-19)21(17)32-24(18)35-4/h7-13,20H,14-15H2,1-6H3/t20-,27+/m1/s1. The number of carbonyl (C=O) groups is 1. The van der Waals surface area contributed by atoms with Crippen LogP contribution in [0.3, 0.4) is 0 Å². The van der Waals surface area contributed by atoms with E-state index in [0.29, 0.717) is 33.7 Å². The van der Waals surface area contributed by atoms with E-state index in [9.17, 15) is 18.0 Å². The van der Waals surface area contributed by atoms with E-state index in [1.54, 1.807) is 26.0 Å². The van der Waals surface area contributed by atoms with Gasteiger partial charge in [0.2, 0.25) is 12.7 Å². The van der Waals surface area contributed by atoms with Gasteiger partial charge in [-0.15, -0.1) is 0 Å². The predicted octanol–water partition coefficient (Wildman–Crippen LogP) is 4.96. The zero-order chi connectivity index (χ0) is 29.3. The Kier molecular flexibility index (Phi) is 8.04. The van der Waals surface area contributed by atoms with Crippen molar-refractivity contribution in [3.63, 3.8) is 0 Å². The first-order valence-electron chi connectivity index (χ1n) is 12.2. The Hall–Kier alpha value is -3.77. The maximum atomic E-state index is 14.6. The highest BCUT2D eigenvalue weighted by molar-refractivity contribution is 5.94. The highest BCUT2D eigenvalue weighted by Gasteiger charge is 2.64. The maximum absolute atomic E-state index is 14.6. The van der Waals surface area contributed by atoms with Crippen LogP contribution < -0.4 is 18.9 Å². The molecule has 0 fully saturated rings. The first-order chi connectivity index (χ1) is 18.9. The van der Waals surface area contributed by atoms with Crippen LogP contribution in [0.25, 0.3) is 10.9 Å². The molecule has 12 heteroatoms. The number of carbonyl (C=O) groups excluding carboxylic acids is 1. The minimum absolute atomic E-state index is 0.0183. The summed E-state index contributed by atoms with van der Waals surface area (Å²) in [5, 5.41) is 0.536. The maximum Gasteiger partial charge on any atom is 0.432 e. The zero-order valence-electron chi connectivity index (χ0n) is 22.9. The summed E-state index contributed by atoms with van der Waals surface area (Å²) < 4.78 is 82.1. The summed E-state index contributed by atoms with van der Waals surface area (Å²) >= 11 is 0. The lowest BCUT2D eigenvalue weighted by Crippen LogP contribution is -2.54. The second kappa shape index (κ2) is 11.0. The normalized spacial score (nSPS) is 15.4. The van der Waals surface area contributed by atoms with Gasteiger partial charge in [0, 0.05) is 31.6 Å². The molecule has 0 N–H and O–H groups in total. The number of hydrogen-bond acceptors (Lipinski definition) is 9. The van der Waals surface area contributed by atoms with Gasteiger partial charge in [0.25, 0.3) is 5.60 Å². The number of alkyl halides is 3. The molecule has 2 aromatic carbocycles. The van der Waals surface area contributed by atoms with Crippen molar-refractivity contribution in [2.45, 2.75) is 43.8 Å². The summed E-state index contributed by atoms with van der Waals surface area (Å²) in [5.74, 6) is -0.353.